The number of ether oxygens (including phenoxy) is 1. The number of carbonyl (C=O) groups excluding carboxylic acids is 3. The van der Waals surface area contributed by atoms with Gasteiger partial charge in [0.25, 0.3) is 5.91 Å². The molecule has 114 valence electrons. The minimum absolute atomic E-state index is 0.307. The fourth-order valence-electron chi connectivity index (χ4n) is 1.98. The van der Waals surface area contributed by atoms with E-state index in [0.717, 1.165) is 0 Å². The number of carbonyl (C=O) groups is 3. The number of imide groups is 1. The number of aromatic nitrogens is 1. The number of rotatable bonds is 3. The predicted molar refractivity (Wildman–Crippen MR) is 79.1 cm³/mol. The zero-order valence-corrected chi connectivity index (χ0v) is 12.1. The molecular weight excluding hydrogens is 286 g/mol. The molecule has 2 aromatic rings. The number of esters is 1. The van der Waals surface area contributed by atoms with E-state index in [-0.39, 0.29) is 0 Å². The SMILES string of the molecule is Cc1cc(C(=O)OC(C)C(=O)NC(N)=O)c2ccccc2n1. The highest BCUT2D eigenvalue weighted by molar-refractivity contribution is 6.04. The Labute approximate surface area is 126 Å². The third-order valence-corrected chi connectivity index (χ3v) is 2.96. The number of aryl methyl sites for hydroxylation is 1. The quantitative estimate of drug-likeness (QED) is 0.829. The maximum atomic E-state index is 12.3. The molecule has 1 aromatic heterocycles. The minimum atomic E-state index is -1.15. The number of benzene rings is 1. The van der Waals surface area contributed by atoms with Crippen molar-refractivity contribution >= 4 is 28.8 Å². The van der Waals surface area contributed by atoms with Crippen LogP contribution >= 0.6 is 0 Å². The summed E-state index contributed by atoms with van der Waals surface area (Å²) in [7, 11) is 0. The number of amides is 3. The van der Waals surface area contributed by atoms with Gasteiger partial charge < -0.3 is 10.5 Å². The number of fused-ring (bicyclic) bond motifs is 1. The molecule has 0 aliphatic carbocycles. The first kappa shape index (κ1) is 15.4. The number of primary amides is 1. The van der Waals surface area contributed by atoms with Crippen molar-refractivity contribution in [3.8, 4) is 0 Å². The Morgan fingerprint density at radius 2 is 1.95 bits per heavy atom. The Morgan fingerprint density at radius 1 is 1.27 bits per heavy atom. The first-order valence-corrected chi connectivity index (χ1v) is 6.56. The molecule has 0 aliphatic heterocycles. The molecule has 1 heterocycles. The van der Waals surface area contributed by atoms with Gasteiger partial charge in [0.1, 0.15) is 0 Å². The van der Waals surface area contributed by atoms with Gasteiger partial charge in [-0.15, -0.1) is 0 Å². The molecule has 0 aliphatic rings. The molecule has 3 amide bonds. The molecule has 1 atom stereocenters. The van der Waals surface area contributed by atoms with E-state index in [1.165, 1.54) is 6.92 Å². The topological polar surface area (TPSA) is 111 Å². The number of para-hydroxylation sites is 1. The molecule has 1 aromatic carbocycles. The van der Waals surface area contributed by atoms with Gasteiger partial charge in [-0.05, 0) is 26.0 Å². The number of hydrogen-bond donors (Lipinski definition) is 2. The standard InChI is InChI=1S/C15H15N3O4/c1-8-7-11(10-5-3-4-6-12(10)17-8)14(20)22-9(2)13(19)18-15(16)21/h3-7,9H,1-2H3,(H3,16,18,19,21). The summed E-state index contributed by atoms with van der Waals surface area (Å²) in [5.74, 6) is -1.45. The maximum Gasteiger partial charge on any atom is 0.339 e. The second-order valence-corrected chi connectivity index (χ2v) is 4.73. The Bertz CT molecular complexity index is 758. The molecule has 2 rings (SSSR count). The van der Waals surface area contributed by atoms with E-state index in [0.29, 0.717) is 22.2 Å². The van der Waals surface area contributed by atoms with Crippen LogP contribution in [0.15, 0.2) is 30.3 Å². The molecule has 0 fully saturated rings. The third-order valence-electron chi connectivity index (χ3n) is 2.96. The summed E-state index contributed by atoms with van der Waals surface area (Å²) >= 11 is 0. The van der Waals surface area contributed by atoms with E-state index in [4.69, 9.17) is 10.5 Å². The fourth-order valence-corrected chi connectivity index (χ4v) is 1.98. The molecule has 1 unspecified atom stereocenters. The van der Waals surface area contributed by atoms with Gasteiger partial charge in [0, 0.05) is 11.1 Å². The summed E-state index contributed by atoms with van der Waals surface area (Å²) in [5.41, 5.74) is 6.46. The Hall–Kier alpha value is -2.96. The van der Waals surface area contributed by atoms with Crippen LogP contribution in [-0.2, 0) is 9.53 Å². The lowest BCUT2D eigenvalue weighted by Crippen LogP contribution is -2.42. The predicted octanol–water partition coefficient (Wildman–Crippen LogP) is 1.28. The first-order chi connectivity index (χ1) is 10.4. The third kappa shape index (κ3) is 3.38. The van der Waals surface area contributed by atoms with Crippen LogP contribution in [0.25, 0.3) is 10.9 Å². The van der Waals surface area contributed by atoms with Crippen LogP contribution < -0.4 is 11.1 Å². The summed E-state index contributed by atoms with van der Waals surface area (Å²) in [6.45, 7) is 3.11. The van der Waals surface area contributed by atoms with Crippen LogP contribution in [0.5, 0.6) is 0 Å². The average molecular weight is 301 g/mol. The zero-order chi connectivity index (χ0) is 16.3. The van der Waals surface area contributed by atoms with E-state index < -0.39 is 24.0 Å². The summed E-state index contributed by atoms with van der Waals surface area (Å²) in [4.78, 5) is 38.8. The minimum Gasteiger partial charge on any atom is -0.449 e. The van der Waals surface area contributed by atoms with Crippen molar-refractivity contribution in [1.82, 2.24) is 10.3 Å². The zero-order valence-electron chi connectivity index (χ0n) is 12.1. The summed E-state index contributed by atoms with van der Waals surface area (Å²) in [6, 6.07) is 7.70. The Kier molecular flexibility index (Phi) is 4.36. The highest BCUT2D eigenvalue weighted by atomic mass is 16.5. The molecule has 0 radical (unpaired) electrons. The van der Waals surface area contributed by atoms with Crippen molar-refractivity contribution in [2.75, 3.05) is 0 Å². The van der Waals surface area contributed by atoms with Gasteiger partial charge in [-0.2, -0.15) is 0 Å². The lowest BCUT2D eigenvalue weighted by molar-refractivity contribution is -0.127. The fraction of sp³-hybridized carbons (Fsp3) is 0.200. The van der Waals surface area contributed by atoms with Crippen molar-refractivity contribution in [2.24, 2.45) is 5.73 Å². The summed E-state index contributed by atoms with van der Waals surface area (Å²) in [5, 5.41) is 2.48. The van der Waals surface area contributed by atoms with Crippen LogP contribution in [-0.4, -0.2) is 29.0 Å². The van der Waals surface area contributed by atoms with Gasteiger partial charge in [-0.1, -0.05) is 18.2 Å². The second-order valence-electron chi connectivity index (χ2n) is 4.73. The van der Waals surface area contributed by atoms with Gasteiger partial charge >= 0.3 is 12.0 Å². The molecule has 0 bridgehead atoms. The van der Waals surface area contributed by atoms with Crippen LogP contribution in [0.4, 0.5) is 4.79 Å². The van der Waals surface area contributed by atoms with Crippen molar-refractivity contribution in [2.45, 2.75) is 20.0 Å². The molecule has 7 nitrogen and oxygen atoms in total. The van der Waals surface area contributed by atoms with Gasteiger partial charge in [0.15, 0.2) is 6.10 Å². The summed E-state index contributed by atoms with van der Waals surface area (Å²) in [6.07, 6.45) is -1.15. The van der Waals surface area contributed by atoms with E-state index in [1.54, 1.807) is 31.2 Å². The Morgan fingerprint density at radius 3 is 2.64 bits per heavy atom. The van der Waals surface area contributed by atoms with E-state index in [2.05, 4.69) is 4.98 Å². The Balaban J connectivity index is 2.26. The first-order valence-electron chi connectivity index (χ1n) is 6.56. The summed E-state index contributed by atoms with van der Waals surface area (Å²) < 4.78 is 5.08. The molecular formula is C15H15N3O4. The van der Waals surface area contributed by atoms with Crippen molar-refractivity contribution in [3.63, 3.8) is 0 Å². The normalized spacial score (nSPS) is 11.7. The van der Waals surface area contributed by atoms with Crippen LogP contribution in [0.1, 0.15) is 23.0 Å². The van der Waals surface area contributed by atoms with Crippen LogP contribution in [0.3, 0.4) is 0 Å². The smallest absolute Gasteiger partial charge is 0.339 e. The lowest BCUT2D eigenvalue weighted by atomic mass is 10.1. The van der Waals surface area contributed by atoms with Crippen molar-refractivity contribution in [3.05, 3.63) is 41.6 Å². The maximum absolute atomic E-state index is 12.3. The van der Waals surface area contributed by atoms with Gasteiger partial charge in [-0.3, -0.25) is 15.1 Å². The van der Waals surface area contributed by atoms with E-state index in [9.17, 15) is 14.4 Å². The molecule has 3 N–H and O–H groups in total. The highest BCUT2D eigenvalue weighted by Gasteiger charge is 2.21. The number of pyridine rings is 1. The van der Waals surface area contributed by atoms with E-state index in [1.807, 2.05) is 11.4 Å². The van der Waals surface area contributed by atoms with Crippen molar-refractivity contribution in [1.29, 1.82) is 0 Å². The van der Waals surface area contributed by atoms with Gasteiger partial charge in [0.2, 0.25) is 0 Å². The highest BCUT2D eigenvalue weighted by Crippen LogP contribution is 2.19. The molecule has 0 spiro atoms. The number of nitrogens with zero attached hydrogens (tertiary/aromatic N) is 1. The lowest BCUT2D eigenvalue weighted by Gasteiger charge is -2.13. The molecule has 7 heteroatoms. The monoisotopic (exact) mass is 301 g/mol. The van der Waals surface area contributed by atoms with Gasteiger partial charge in [0.05, 0.1) is 11.1 Å². The number of urea groups is 1. The second kappa shape index (κ2) is 6.21. The number of hydrogen-bond acceptors (Lipinski definition) is 5. The average Bonchev–Trinajstić information content (AvgIpc) is 2.45. The largest absolute Gasteiger partial charge is 0.449 e. The van der Waals surface area contributed by atoms with E-state index >= 15 is 0 Å². The molecule has 0 saturated heterocycles. The molecule has 22 heavy (non-hydrogen) atoms. The number of nitrogens with one attached hydrogen (secondary N) is 1. The van der Waals surface area contributed by atoms with Crippen LogP contribution in [0.2, 0.25) is 0 Å². The molecule has 0 saturated carbocycles. The van der Waals surface area contributed by atoms with Crippen molar-refractivity contribution < 1.29 is 19.1 Å². The van der Waals surface area contributed by atoms with Gasteiger partial charge in [-0.25, -0.2) is 9.59 Å². The number of nitrogens with two attached hydrogens (primary N) is 1. The van der Waals surface area contributed by atoms with Crippen LogP contribution in [0, 0.1) is 6.92 Å².